The Morgan fingerprint density at radius 3 is 2.18 bits per heavy atom. The molecule has 1 N–H and O–H groups in total. The van der Waals surface area contributed by atoms with Crippen molar-refractivity contribution in [2.75, 3.05) is 14.2 Å². The van der Waals surface area contributed by atoms with Crippen LogP contribution in [0.25, 0.3) is 0 Å². The molecule has 0 fully saturated rings. The lowest BCUT2D eigenvalue weighted by molar-refractivity contribution is 0.411. The highest BCUT2D eigenvalue weighted by Crippen LogP contribution is 2.35. The zero-order valence-corrected chi connectivity index (χ0v) is 14.6. The van der Waals surface area contributed by atoms with E-state index in [-0.39, 0.29) is 0 Å². The summed E-state index contributed by atoms with van der Waals surface area (Å²) in [5.74, 6) is 0.834. The molecule has 98 valence electrons. The first kappa shape index (κ1) is 17.3. The average molecular weight is 385 g/mol. The van der Waals surface area contributed by atoms with E-state index in [2.05, 4.69) is 50.4 Å². The van der Waals surface area contributed by atoms with Crippen molar-refractivity contribution < 1.29 is 4.74 Å². The summed E-state index contributed by atoms with van der Waals surface area (Å²) in [6, 6.07) is 3.94. The van der Waals surface area contributed by atoms with E-state index < -0.39 is 0 Å². The Morgan fingerprint density at radius 1 is 1.18 bits per heavy atom. The Morgan fingerprint density at radius 2 is 1.76 bits per heavy atom. The maximum atomic E-state index is 5.18. The van der Waals surface area contributed by atoms with E-state index in [9.17, 15) is 0 Å². The molecule has 5 heteroatoms. The first-order valence-electron chi connectivity index (χ1n) is 5.47. The number of hydrogen-bond donors (Lipinski definition) is 1. The summed E-state index contributed by atoms with van der Waals surface area (Å²) in [5.41, 5.74) is 0. The average Bonchev–Trinajstić information content (AvgIpc) is 2.33. The van der Waals surface area contributed by atoms with Crippen molar-refractivity contribution in [1.82, 2.24) is 4.72 Å². The van der Waals surface area contributed by atoms with Crippen molar-refractivity contribution in [3.8, 4) is 5.75 Å². The molecule has 0 bridgehead atoms. The zero-order valence-electron chi connectivity index (χ0n) is 10.6. The first-order valence-corrected chi connectivity index (χ1v) is 7.87. The first-order chi connectivity index (χ1) is 8.10. The van der Waals surface area contributed by atoms with Crippen LogP contribution in [0, 0.1) is 0 Å². The number of benzene rings is 1. The summed E-state index contributed by atoms with van der Waals surface area (Å²) in [7, 11) is 3.54. The molecule has 2 nitrogen and oxygen atoms in total. The van der Waals surface area contributed by atoms with Crippen LogP contribution in [-0.2, 0) is 0 Å². The number of nitrogens with one attached hydrogen (secondary N) is 1. The van der Waals surface area contributed by atoms with Crippen molar-refractivity contribution in [3.63, 3.8) is 0 Å². The highest BCUT2D eigenvalue weighted by molar-refractivity contribution is 9.11. The lowest BCUT2D eigenvalue weighted by atomic mass is 10.3. The van der Waals surface area contributed by atoms with E-state index in [0.717, 1.165) is 19.6 Å². The van der Waals surface area contributed by atoms with Gasteiger partial charge in [0.25, 0.3) is 0 Å². The Bertz CT molecular complexity index is 333. The normalized spacial score (nSPS) is 9.53. The van der Waals surface area contributed by atoms with Gasteiger partial charge in [-0.2, -0.15) is 0 Å². The van der Waals surface area contributed by atoms with Gasteiger partial charge in [0.1, 0.15) is 5.75 Å². The van der Waals surface area contributed by atoms with Crippen LogP contribution in [0.15, 0.2) is 26.0 Å². The van der Waals surface area contributed by atoms with E-state index in [4.69, 9.17) is 4.74 Å². The minimum atomic E-state index is 0.834. The molecule has 1 aromatic rings. The molecule has 0 heterocycles. The van der Waals surface area contributed by atoms with Crippen molar-refractivity contribution in [1.29, 1.82) is 0 Å². The summed E-state index contributed by atoms with van der Waals surface area (Å²) in [6.07, 6.45) is 2.64. The van der Waals surface area contributed by atoms with Crippen LogP contribution in [0.4, 0.5) is 0 Å². The number of hydrogen-bond acceptors (Lipinski definition) is 3. The maximum absolute atomic E-state index is 5.18. The molecule has 0 aliphatic carbocycles. The van der Waals surface area contributed by atoms with Gasteiger partial charge in [-0.1, -0.05) is 26.7 Å². The topological polar surface area (TPSA) is 21.3 Å². The van der Waals surface area contributed by atoms with Gasteiger partial charge in [-0.25, -0.2) is 0 Å². The number of methoxy groups -OCH3 is 1. The largest absolute Gasteiger partial charge is 0.496 e. The molecule has 0 spiro atoms. The van der Waals surface area contributed by atoms with Crippen molar-refractivity contribution in [2.45, 2.75) is 31.6 Å². The van der Waals surface area contributed by atoms with Gasteiger partial charge in [-0.3, -0.25) is 4.72 Å². The van der Waals surface area contributed by atoms with Gasteiger partial charge >= 0.3 is 0 Å². The van der Waals surface area contributed by atoms with Crippen LogP contribution < -0.4 is 9.46 Å². The third-order valence-electron chi connectivity index (χ3n) is 1.92. The van der Waals surface area contributed by atoms with E-state index in [1.54, 1.807) is 19.1 Å². The lowest BCUT2D eigenvalue weighted by Crippen LogP contribution is -1.93. The summed E-state index contributed by atoms with van der Waals surface area (Å²) < 4.78 is 10.2. The van der Waals surface area contributed by atoms with E-state index in [0.29, 0.717) is 0 Å². The lowest BCUT2D eigenvalue weighted by Gasteiger charge is -2.07. The van der Waals surface area contributed by atoms with Crippen LogP contribution in [0.5, 0.6) is 5.75 Å². The fourth-order valence-corrected chi connectivity index (χ4v) is 2.80. The third kappa shape index (κ3) is 6.70. The standard InChI is InChI=1S/C8H9Br2NOS.C4H10/c1-11-13-8-4-7(12-2)5(9)3-6(8)10;1-3-4-2/h3-4,11H,1-2H3;3-4H2,1-2H3. The molecule has 17 heavy (non-hydrogen) atoms. The molecule has 0 saturated carbocycles. The second kappa shape index (κ2) is 10.2. The Balaban J connectivity index is 0.000000557. The predicted molar refractivity (Wildman–Crippen MR) is 83.9 cm³/mol. The molecule has 1 rings (SSSR count). The molecule has 0 aliphatic rings. The number of unbranched alkanes of at least 4 members (excludes halogenated alkanes) is 1. The second-order valence-electron chi connectivity index (χ2n) is 3.22. The maximum Gasteiger partial charge on any atom is 0.134 e. The molecule has 0 aromatic heterocycles. The SMILES string of the molecule is CCCC.CNSc1cc(OC)c(Br)cc1Br. The van der Waals surface area contributed by atoms with Crippen molar-refractivity contribution in [2.24, 2.45) is 0 Å². The molecule has 0 unspecified atom stereocenters. The molecular weight excluding hydrogens is 366 g/mol. The van der Waals surface area contributed by atoms with Crippen LogP contribution in [0.1, 0.15) is 26.7 Å². The van der Waals surface area contributed by atoms with Crippen molar-refractivity contribution in [3.05, 3.63) is 21.1 Å². The van der Waals surface area contributed by atoms with Gasteiger partial charge in [0.05, 0.1) is 11.6 Å². The van der Waals surface area contributed by atoms with Crippen LogP contribution in [0.2, 0.25) is 0 Å². The fourth-order valence-electron chi connectivity index (χ4n) is 0.855. The Hall–Kier alpha value is 0.290. The van der Waals surface area contributed by atoms with E-state index >= 15 is 0 Å². The highest BCUT2D eigenvalue weighted by Gasteiger charge is 2.06. The van der Waals surface area contributed by atoms with Gasteiger partial charge in [-0.15, -0.1) is 0 Å². The summed E-state index contributed by atoms with van der Waals surface area (Å²) >= 11 is 8.42. The molecule has 0 atom stereocenters. The fraction of sp³-hybridized carbons (Fsp3) is 0.500. The van der Waals surface area contributed by atoms with Crippen LogP contribution in [-0.4, -0.2) is 14.2 Å². The van der Waals surface area contributed by atoms with Gasteiger partial charge in [0.15, 0.2) is 0 Å². The Kier molecular flexibility index (Phi) is 10.4. The highest BCUT2D eigenvalue weighted by atomic mass is 79.9. The number of ether oxygens (including phenoxy) is 1. The predicted octanol–water partition coefficient (Wildman–Crippen LogP) is 5.25. The van der Waals surface area contributed by atoms with Gasteiger partial charge in [0.2, 0.25) is 0 Å². The summed E-state index contributed by atoms with van der Waals surface area (Å²) in [5, 5.41) is 0. The minimum Gasteiger partial charge on any atom is -0.496 e. The number of halogens is 2. The molecule has 0 aliphatic heterocycles. The number of rotatable bonds is 4. The van der Waals surface area contributed by atoms with Gasteiger partial charge < -0.3 is 4.74 Å². The quantitative estimate of drug-likeness (QED) is 0.716. The Labute approximate surface area is 125 Å². The van der Waals surface area contributed by atoms with Crippen LogP contribution in [0.3, 0.4) is 0 Å². The second-order valence-corrected chi connectivity index (χ2v) is 5.98. The molecule has 0 saturated heterocycles. The van der Waals surface area contributed by atoms with Crippen molar-refractivity contribution >= 4 is 43.8 Å². The molecule has 1 aromatic carbocycles. The van der Waals surface area contributed by atoms with E-state index in [1.165, 1.54) is 12.8 Å². The summed E-state index contributed by atoms with van der Waals surface area (Å²) in [6.45, 7) is 4.36. The monoisotopic (exact) mass is 383 g/mol. The molecule has 0 amide bonds. The third-order valence-corrected chi connectivity index (χ3v) is 4.22. The van der Waals surface area contributed by atoms with Gasteiger partial charge in [0, 0.05) is 9.37 Å². The summed E-state index contributed by atoms with van der Waals surface area (Å²) in [4.78, 5) is 1.10. The van der Waals surface area contributed by atoms with Crippen LogP contribution >= 0.6 is 43.8 Å². The van der Waals surface area contributed by atoms with Gasteiger partial charge in [-0.05, 0) is 63.0 Å². The molecular formula is C12H19Br2NOS. The smallest absolute Gasteiger partial charge is 0.134 e. The zero-order chi connectivity index (χ0) is 13.3. The molecule has 0 radical (unpaired) electrons. The van der Waals surface area contributed by atoms with E-state index in [1.807, 2.05) is 19.2 Å². The minimum absolute atomic E-state index is 0.834.